The number of rotatable bonds is 6. The lowest BCUT2D eigenvalue weighted by Crippen LogP contribution is -2.38. The van der Waals surface area contributed by atoms with Crippen molar-refractivity contribution in [2.24, 2.45) is 0 Å². The van der Waals surface area contributed by atoms with Crippen LogP contribution >= 0.6 is 0 Å². The zero-order valence-corrected chi connectivity index (χ0v) is 13.9. The van der Waals surface area contributed by atoms with Crippen molar-refractivity contribution in [3.05, 3.63) is 33.1 Å². The Kier molecular flexibility index (Phi) is 4.91. The van der Waals surface area contributed by atoms with E-state index in [9.17, 15) is 14.7 Å². The highest BCUT2D eigenvalue weighted by atomic mass is 16.8. The minimum absolute atomic E-state index is 0.229. The summed E-state index contributed by atoms with van der Waals surface area (Å²) in [5, 5.41) is 9.62. The summed E-state index contributed by atoms with van der Waals surface area (Å²) in [6, 6.07) is 1.26. The number of aromatic nitrogens is 2. The van der Waals surface area contributed by atoms with Crippen LogP contribution in [0, 0.1) is 0 Å². The largest absolute Gasteiger partial charge is 0.394 e. The summed E-state index contributed by atoms with van der Waals surface area (Å²) in [6.45, 7) is 3.89. The van der Waals surface area contributed by atoms with Crippen LogP contribution in [0.2, 0.25) is 0 Å². The summed E-state index contributed by atoms with van der Waals surface area (Å²) in [7, 11) is 0. The normalized spacial score (nSPS) is 31.3. The van der Waals surface area contributed by atoms with E-state index in [-0.39, 0.29) is 6.61 Å². The maximum atomic E-state index is 12.1. The smallest absolute Gasteiger partial charge is 0.330 e. The molecule has 8 nitrogen and oxygen atoms in total. The van der Waals surface area contributed by atoms with Crippen LogP contribution in [0.4, 0.5) is 0 Å². The van der Waals surface area contributed by atoms with Gasteiger partial charge < -0.3 is 19.3 Å². The van der Waals surface area contributed by atoms with Crippen LogP contribution in [0.15, 0.2) is 21.9 Å². The van der Waals surface area contributed by atoms with Crippen LogP contribution in [-0.2, 0) is 14.2 Å². The molecular weight excluding hydrogens is 316 g/mol. The number of ether oxygens (including phenoxy) is 3. The van der Waals surface area contributed by atoms with Gasteiger partial charge in [0.15, 0.2) is 12.0 Å². The number of nitrogens with one attached hydrogen (secondary N) is 1. The number of nitrogens with zero attached hydrogens (tertiary/aromatic N) is 1. The molecule has 0 radical (unpaired) electrons. The molecule has 2 unspecified atom stereocenters. The first kappa shape index (κ1) is 17.3. The molecule has 3 rings (SSSR count). The molecule has 2 fully saturated rings. The molecule has 0 aliphatic carbocycles. The molecule has 3 heterocycles. The first-order valence-electron chi connectivity index (χ1n) is 8.47. The maximum Gasteiger partial charge on any atom is 0.330 e. The SMILES string of the molecule is CCCC1(CCC)OC2C(O1)[C@@H](CO)O[C@H]2n1ccc(=O)[nH]c1=O. The van der Waals surface area contributed by atoms with E-state index in [0.717, 1.165) is 25.7 Å². The number of aliphatic hydroxyl groups is 1. The van der Waals surface area contributed by atoms with E-state index in [1.54, 1.807) is 0 Å². The quantitative estimate of drug-likeness (QED) is 0.782. The van der Waals surface area contributed by atoms with Gasteiger partial charge in [-0.25, -0.2) is 4.79 Å². The topological polar surface area (TPSA) is 103 Å². The molecule has 2 N–H and O–H groups in total. The van der Waals surface area contributed by atoms with Gasteiger partial charge >= 0.3 is 5.69 Å². The number of aliphatic hydroxyl groups excluding tert-OH is 1. The lowest BCUT2D eigenvalue weighted by Gasteiger charge is -2.30. The number of fused-ring (bicyclic) bond motifs is 1. The molecule has 0 bridgehead atoms. The van der Waals surface area contributed by atoms with Crippen LogP contribution < -0.4 is 11.2 Å². The Bertz CT molecular complexity index is 678. The minimum Gasteiger partial charge on any atom is -0.394 e. The van der Waals surface area contributed by atoms with Crippen molar-refractivity contribution < 1.29 is 19.3 Å². The monoisotopic (exact) mass is 340 g/mol. The van der Waals surface area contributed by atoms with Gasteiger partial charge in [-0.1, -0.05) is 26.7 Å². The fraction of sp³-hybridized carbons (Fsp3) is 0.750. The second-order valence-electron chi connectivity index (χ2n) is 6.34. The molecule has 4 atom stereocenters. The van der Waals surface area contributed by atoms with E-state index >= 15 is 0 Å². The van der Waals surface area contributed by atoms with Crippen molar-refractivity contribution in [2.75, 3.05) is 6.61 Å². The fourth-order valence-corrected chi connectivity index (χ4v) is 3.62. The van der Waals surface area contributed by atoms with Crippen LogP contribution in [-0.4, -0.2) is 45.4 Å². The predicted molar refractivity (Wildman–Crippen MR) is 84.6 cm³/mol. The Balaban J connectivity index is 1.93. The van der Waals surface area contributed by atoms with Gasteiger partial charge in [0.05, 0.1) is 6.61 Å². The molecule has 1 aromatic heterocycles. The van der Waals surface area contributed by atoms with Gasteiger partial charge in [-0.2, -0.15) is 0 Å². The summed E-state index contributed by atoms with van der Waals surface area (Å²) < 4.78 is 19.5. The number of aromatic amines is 1. The number of hydrogen-bond acceptors (Lipinski definition) is 6. The van der Waals surface area contributed by atoms with E-state index in [2.05, 4.69) is 18.8 Å². The first-order valence-corrected chi connectivity index (χ1v) is 8.47. The highest BCUT2D eigenvalue weighted by Crippen LogP contribution is 2.46. The highest BCUT2D eigenvalue weighted by molar-refractivity contribution is 4.99. The Morgan fingerprint density at radius 2 is 1.88 bits per heavy atom. The predicted octanol–water partition coefficient (Wildman–Crippen LogP) is 0.507. The highest BCUT2D eigenvalue weighted by Gasteiger charge is 2.58. The van der Waals surface area contributed by atoms with E-state index in [4.69, 9.17) is 14.2 Å². The van der Waals surface area contributed by atoms with Crippen LogP contribution in [0.1, 0.15) is 45.8 Å². The summed E-state index contributed by atoms with van der Waals surface area (Å²) in [5.41, 5.74) is -1.05. The molecule has 0 saturated carbocycles. The van der Waals surface area contributed by atoms with Crippen molar-refractivity contribution in [1.29, 1.82) is 0 Å². The van der Waals surface area contributed by atoms with Crippen molar-refractivity contribution in [3.63, 3.8) is 0 Å². The molecule has 0 amide bonds. The van der Waals surface area contributed by atoms with E-state index < -0.39 is 41.6 Å². The van der Waals surface area contributed by atoms with Crippen molar-refractivity contribution in [3.8, 4) is 0 Å². The zero-order chi connectivity index (χ0) is 17.3. The van der Waals surface area contributed by atoms with E-state index in [0.29, 0.717) is 0 Å². The third kappa shape index (κ3) is 2.95. The molecule has 1 aromatic rings. The average molecular weight is 340 g/mol. The summed E-state index contributed by atoms with van der Waals surface area (Å²) in [4.78, 5) is 25.6. The van der Waals surface area contributed by atoms with Gasteiger partial charge in [-0.15, -0.1) is 0 Å². The van der Waals surface area contributed by atoms with Crippen LogP contribution in [0.5, 0.6) is 0 Å². The molecule has 134 valence electrons. The molecule has 0 spiro atoms. The molecule has 0 aromatic carbocycles. The average Bonchev–Trinajstić information content (AvgIpc) is 3.04. The van der Waals surface area contributed by atoms with Crippen molar-refractivity contribution in [1.82, 2.24) is 9.55 Å². The minimum atomic E-state index is -0.743. The Morgan fingerprint density at radius 1 is 1.21 bits per heavy atom. The van der Waals surface area contributed by atoms with Gasteiger partial charge in [0.2, 0.25) is 0 Å². The number of H-pyrrole nitrogens is 1. The Hall–Kier alpha value is -1.48. The van der Waals surface area contributed by atoms with E-state index in [1.807, 2.05) is 0 Å². The van der Waals surface area contributed by atoms with Crippen molar-refractivity contribution in [2.45, 2.75) is 69.9 Å². The molecule has 2 aliphatic heterocycles. The Morgan fingerprint density at radius 3 is 2.46 bits per heavy atom. The standard InChI is InChI=1S/C16H24N2O6/c1-3-6-16(7-4-2)23-12-10(9-19)22-14(13(12)24-16)18-8-5-11(20)17-15(18)21/h5,8,10,12-14,19H,3-4,6-7,9H2,1-2H3,(H,17,20,21)/t10-,12?,13?,14-/m1/s1. The summed E-state index contributed by atoms with van der Waals surface area (Å²) >= 11 is 0. The van der Waals surface area contributed by atoms with Gasteiger partial charge in [0.25, 0.3) is 5.56 Å². The zero-order valence-electron chi connectivity index (χ0n) is 13.9. The van der Waals surface area contributed by atoms with Gasteiger partial charge in [-0.05, 0) is 0 Å². The van der Waals surface area contributed by atoms with Gasteiger partial charge in [0, 0.05) is 25.1 Å². The molecule has 2 aliphatic rings. The van der Waals surface area contributed by atoms with Crippen molar-refractivity contribution >= 4 is 0 Å². The molecule has 2 saturated heterocycles. The van der Waals surface area contributed by atoms with E-state index in [1.165, 1.54) is 16.8 Å². The maximum absolute atomic E-state index is 12.1. The second kappa shape index (κ2) is 6.79. The summed E-state index contributed by atoms with van der Waals surface area (Å²) in [6.07, 6.45) is 2.37. The third-order valence-corrected chi connectivity index (χ3v) is 4.55. The van der Waals surface area contributed by atoms with Gasteiger partial charge in [0.1, 0.15) is 18.3 Å². The summed E-state index contributed by atoms with van der Waals surface area (Å²) in [5.74, 6) is -0.708. The van der Waals surface area contributed by atoms with Gasteiger partial charge in [-0.3, -0.25) is 14.3 Å². The molecule has 8 heteroatoms. The lowest BCUT2D eigenvalue weighted by molar-refractivity contribution is -0.227. The van der Waals surface area contributed by atoms with Crippen LogP contribution in [0.3, 0.4) is 0 Å². The molecular formula is C16H24N2O6. The molecule has 24 heavy (non-hydrogen) atoms. The fourth-order valence-electron chi connectivity index (χ4n) is 3.62. The van der Waals surface area contributed by atoms with Crippen LogP contribution in [0.25, 0.3) is 0 Å². The third-order valence-electron chi connectivity index (χ3n) is 4.55. The Labute approximate surface area is 139 Å². The number of hydrogen-bond donors (Lipinski definition) is 2. The first-order chi connectivity index (χ1) is 11.5. The lowest BCUT2D eigenvalue weighted by atomic mass is 10.1. The second-order valence-corrected chi connectivity index (χ2v) is 6.34.